The molecule has 0 aliphatic carbocycles. The molecule has 0 saturated carbocycles. The van der Waals surface area contributed by atoms with Crippen molar-refractivity contribution in [3.05, 3.63) is 83.9 Å². The second kappa shape index (κ2) is 13.3. The molecule has 1 heterocycles. The topological polar surface area (TPSA) is 103 Å². The van der Waals surface area contributed by atoms with E-state index in [0.717, 1.165) is 17.9 Å². The zero-order valence-electron chi connectivity index (χ0n) is 23.5. The average molecular weight is 547 g/mol. The Kier molecular flexibility index (Phi) is 9.63. The van der Waals surface area contributed by atoms with Crippen LogP contribution in [0.25, 0.3) is 0 Å². The molecule has 0 saturated heterocycles. The van der Waals surface area contributed by atoms with Crippen LogP contribution in [0.4, 0.5) is 16.2 Å². The number of likely N-dealkylation sites (N-methyl/N-ethyl adjacent to an activating group) is 1. The molecule has 9 nitrogen and oxygen atoms in total. The molecule has 0 fully saturated rings. The van der Waals surface area contributed by atoms with E-state index in [9.17, 15) is 14.7 Å². The first-order valence-corrected chi connectivity index (χ1v) is 13.4. The summed E-state index contributed by atoms with van der Waals surface area (Å²) in [5.74, 6) is 1.01. The number of anilines is 2. The van der Waals surface area contributed by atoms with Gasteiger partial charge in [-0.2, -0.15) is 0 Å². The number of ether oxygens (including phenoxy) is 2. The number of rotatable bonds is 9. The highest BCUT2D eigenvalue weighted by Gasteiger charge is 2.33. The molecule has 0 aromatic heterocycles. The van der Waals surface area contributed by atoms with Gasteiger partial charge in [-0.3, -0.25) is 9.69 Å². The highest BCUT2D eigenvalue weighted by molar-refractivity contribution is 6.02. The Balaban J connectivity index is 1.54. The third kappa shape index (κ3) is 7.31. The fourth-order valence-electron chi connectivity index (χ4n) is 4.75. The van der Waals surface area contributed by atoms with Crippen molar-refractivity contribution in [2.45, 2.75) is 32.5 Å². The first-order chi connectivity index (χ1) is 19.3. The zero-order chi connectivity index (χ0) is 28.6. The third-order valence-corrected chi connectivity index (χ3v) is 7.06. The molecule has 0 unspecified atom stereocenters. The molecule has 3 aromatic carbocycles. The number of para-hydroxylation sites is 1. The number of urea groups is 1. The van der Waals surface area contributed by atoms with Crippen molar-refractivity contribution in [3.8, 4) is 11.5 Å². The van der Waals surface area contributed by atoms with Gasteiger partial charge in [0.05, 0.1) is 25.3 Å². The smallest absolute Gasteiger partial charge is 0.323 e. The lowest BCUT2D eigenvalue weighted by atomic mass is 9.99. The maximum atomic E-state index is 13.7. The Morgan fingerprint density at radius 1 is 1.10 bits per heavy atom. The number of aliphatic hydroxyl groups is 1. The summed E-state index contributed by atoms with van der Waals surface area (Å²) in [7, 11) is 3.69. The molecular formula is C31H38N4O5. The van der Waals surface area contributed by atoms with Crippen LogP contribution in [0.3, 0.4) is 0 Å². The van der Waals surface area contributed by atoms with Crippen molar-refractivity contribution in [2.75, 3.05) is 44.5 Å². The number of hydrogen-bond acceptors (Lipinski definition) is 6. The molecule has 0 radical (unpaired) electrons. The van der Waals surface area contributed by atoms with Gasteiger partial charge in [-0.25, -0.2) is 4.79 Å². The lowest BCUT2D eigenvalue weighted by Gasteiger charge is -2.38. The van der Waals surface area contributed by atoms with Crippen molar-refractivity contribution in [1.82, 2.24) is 9.80 Å². The number of carbonyl (C=O) groups is 2. The van der Waals surface area contributed by atoms with E-state index in [1.54, 1.807) is 42.3 Å². The third-order valence-electron chi connectivity index (χ3n) is 7.06. The van der Waals surface area contributed by atoms with Gasteiger partial charge in [-0.05, 0) is 62.0 Å². The number of methoxy groups -OCH3 is 1. The molecule has 1 aliphatic heterocycles. The summed E-state index contributed by atoms with van der Waals surface area (Å²) in [5, 5.41) is 15.5. The summed E-state index contributed by atoms with van der Waals surface area (Å²) in [6, 6.07) is 21.4. The van der Waals surface area contributed by atoms with Crippen LogP contribution < -0.4 is 20.1 Å². The van der Waals surface area contributed by atoms with E-state index in [4.69, 9.17) is 9.47 Å². The molecule has 0 spiro atoms. The molecule has 212 valence electrons. The van der Waals surface area contributed by atoms with Gasteiger partial charge >= 0.3 is 6.03 Å². The number of hydrogen-bond donors (Lipinski definition) is 3. The van der Waals surface area contributed by atoms with Crippen molar-refractivity contribution < 1.29 is 24.2 Å². The second-order valence-corrected chi connectivity index (χ2v) is 10.3. The first kappa shape index (κ1) is 28.9. The molecule has 9 heteroatoms. The number of aliphatic hydroxyl groups excluding tert-OH is 1. The summed E-state index contributed by atoms with van der Waals surface area (Å²) in [6.45, 7) is 5.50. The predicted octanol–water partition coefficient (Wildman–Crippen LogP) is 4.69. The van der Waals surface area contributed by atoms with Gasteiger partial charge in [0.15, 0.2) is 0 Å². The van der Waals surface area contributed by atoms with Gasteiger partial charge < -0.3 is 30.1 Å². The van der Waals surface area contributed by atoms with Crippen LogP contribution in [-0.4, -0.2) is 72.8 Å². The number of nitrogens with one attached hydrogen (secondary N) is 2. The second-order valence-electron chi connectivity index (χ2n) is 10.3. The first-order valence-electron chi connectivity index (χ1n) is 13.4. The Bertz CT molecular complexity index is 1280. The number of carbonyl (C=O) groups excluding carboxylic acids is 2. The van der Waals surface area contributed by atoms with Crippen LogP contribution in [0.1, 0.15) is 29.8 Å². The summed E-state index contributed by atoms with van der Waals surface area (Å²) in [4.78, 5) is 30.1. The van der Waals surface area contributed by atoms with E-state index in [-0.39, 0.29) is 30.6 Å². The van der Waals surface area contributed by atoms with Crippen LogP contribution in [0, 0.1) is 5.92 Å². The van der Waals surface area contributed by atoms with Crippen LogP contribution in [-0.2, 0) is 6.54 Å². The van der Waals surface area contributed by atoms with E-state index in [1.807, 2.05) is 56.4 Å². The van der Waals surface area contributed by atoms with Crippen LogP contribution in [0.2, 0.25) is 0 Å². The minimum atomic E-state index is -0.419. The minimum Gasteiger partial charge on any atom is -0.497 e. The van der Waals surface area contributed by atoms with Gasteiger partial charge in [0.2, 0.25) is 0 Å². The Labute approximate surface area is 235 Å². The standard InChI is InChI=1S/C31H38N4O5/c1-21-17-35(22(2)20-36)30(37)27-16-25(33-31(38)32-24-8-6-5-7-9-24)12-15-28(27)40-29(21)19-34(3)18-23-10-13-26(39-4)14-11-23/h5-16,21-22,29,36H,17-20H2,1-4H3,(H2,32,33,38)/t21-,22+,29-/m1/s1. The van der Waals surface area contributed by atoms with E-state index in [2.05, 4.69) is 22.5 Å². The number of fused-ring (bicyclic) bond motifs is 1. The fraction of sp³-hybridized carbons (Fsp3) is 0.355. The summed E-state index contributed by atoms with van der Waals surface area (Å²) in [5.41, 5.74) is 2.61. The predicted molar refractivity (Wildman–Crippen MR) is 156 cm³/mol. The van der Waals surface area contributed by atoms with Crippen molar-refractivity contribution in [1.29, 1.82) is 0 Å². The normalized spacial score (nSPS) is 17.8. The molecule has 3 N–H and O–H groups in total. The Morgan fingerprint density at radius 3 is 2.48 bits per heavy atom. The highest BCUT2D eigenvalue weighted by atomic mass is 16.5. The Hall–Kier alpha value is -4.08. The van der Waals surface area contributed by atoms with E-state index in [1.165, 1.54) is 0 Å². The molecule has 3 atom stereocenters. The minimum absolute atomic E-state index is 0.00105. The molecule has 1 aliphatic rings. The van der Waals surface area contributed by atoms with E-state index < -0.39 is 6.03 Å². The molecule has 3 aromatic rings. The maximum absolute atomic E-state index is 13.7. The van der Waals surface area contributed by atoms with Crippen LogP contribution in [0.15, 0.2) is 72.8 Å². The summed E-state index contributed by atoms with van der Waals surface area (Å²) in [6.07, 6.45) is -0.219. The number of nitrogens with zero attached hydrogens (tertiary/aromatic N) is 2. The van der Waals surface area contributed by atoms with Gasteiger partial charge in [-0.1, -0.05) is 37.3 Å². The number of amides is 3. The van der Waals surface area contributed by atoms with Crippen LogP contribution in [0.5, 0.6) is 11.5 Å². The fourth-order valence-corrected chi connectivity index (χ4v) is 4.75. The SMILES string of the molecule is COc1ccc(CN(C)C[C@H]2Oc3ccc(NC(=O)Nc4ccccc4)cc3C(=O)N([C@@H](C)CO)C[C@H]2C)cc1. The Morgan fingerprint density at radius 2 is 1.80 bits per heavy atom. The van der Waals surface area contributed by atoms with Gasteiger partial charge in [0, 0.05) is 36.9 Å². The summed E-state index contributed by atoms with van der Waals surface area (Å²) >= 11 is 0. The largest absolute Gasteiger partial charge is 0.497 e. The molecule has 3 amide bonds. The quantitative estimate of drug-likeness (QED) is 0.360. The zero-order valence-corrected chi connectivity index (χ0v) is 23.5. The van der Waals surface area contributed by atoms with E-state index in [0.29, 0.717) is 35.8 Å². The lowest BCUT2D eigenvalue weighted by molar-refractivity contribution is 0.0341. The molecule has 40 heavy (non-hydrogen) atoms. The van der Waals surface area contributed by atoms with Crippen molar-refractivity contribution in [2.24, 2.45) is 5.92 Å². The summed E-state index contributed by atoms with van der Waals surface area (Å²) < 4.78 is 11.7. The number of benzene rings is 3. The lowest BCUT2D eigenvalue weighted by Crippen LogP contribution is -2.49. The monoisotopic (exact) mass is 546 g/mol. The van der Waals surface area contributed by atoms with Gasteiger partial charge in [0.25, 0.3) is 5.91 Å². The average Bonchev–Trinajstić information content (AvgIpc) is 2.95. The maximum Gasteiger partial charge on any atom is 0.323 e. The van der Waals surface area contributed by atoms with E-state index >= 15 is 0 Å². The molecule has 4 rings (SSSR count). The van der Waals surface area contributed by atoms with Crippen LogP contribution >= 0.6 is 0 Å². The van der Waals surface area contributed by atoms with Crippen molar-refractivity contribution >= 4 is 23.3 Å². The molecular weight excluding hydrogens is 508 g/mol. The van der Waals surface area contributed by atoms with Gasteiger partial charge in [0.1, 0.15) is 17.6 Å². The molecule has 0 bridgehead atoms. The highest BCUT2D eigenvalue weighted by Crippen LogP contribution is 2.31. The van der Waals surface area contributed by atoms with Crippen molar-refractivity contribution in [3.63, 3.8) is 0 Å². The van der Waals surface area contributed by atoms with Gasteiger partial charge in [-0.15, -0.1) is 0 Å².